The molecule has 2 aromatic carbocycles. The van der Waals surface area contributed by atoms with Crippen LogP contribution in [-0.4, -0.2) is 50.5 Å². The molecule has 34 heavy (non-hydrogen) atoms. The molecule has 1 heterocycles. The molecule has 0 aliphatic rings. The maximum atomic E-state index is 13.6. The van der Waals surface area contributed by atoms with Crippen molar-refractivity contribution in [2.24, 2.45) is 0 Å². The lowest BCUT2D eigenvalue weighted by atomic mass is 10.3. The van der Waals surface area contributed by atoms with E-state index in [0.29, 0.717) is 20.4 Å². The Hall–Kier alpha value is -2.54. The van der Waals surface area contributed by atoms with Crippen LogP contribution in [0.1, 0.15) is 13.8 Å². The minimum atomic E-state index is -4.17. The normalized spacial score (nSPS) is 11.4. The van der Waals surface area contributed by atoms with Crippen LogP contribution < -0.4 is 19.1 Å². The van der Waals surface area contributed by atoms with Crippen molar-refractivity contribution < 1.29 is 22.7 Å². The number of carbonyl (C=O) groups is 1. The maximum Gasteiger partial charge on any atom is 0.264 e. The largest absolute Gasteiger partial charge is 0.493 e. The molecule has 0 bridgehead atoms. The Balaban J connectivity index is 1.92. The van der Waals surface area contributed by atoms with Crippen LogP contribution in [0.5, 0.6) is 11.5 Å². The molecule has 9 nitrogen and oxygen atoms in total. The highest BCUT2D eigenvalue weighted by Gasteiger charge is 2.29. The van der Waals surface area contributed by atoms with E-state index in [1.807, 2.05) is 13.8 Å². The summed E-state index contributed by atoms with van der Waals surface area (Å²) in [6.45, 7) is 3.55. The van der Waals surface area contributed by atoms with Gasteiger partial charge in [-0.15, -0.1) is 10.2 Å². The first kappa shape index (κ1) is 26.1. The number of carbonyl (C=O) groups excluding carboxylic acids is 1. The van der Waals surface area contributed by atoms with Crippen molar-refractivity contribution >= 4 is 61.4 Å². The second-order valence-electron chi connectivity index (χ2n) is 7.09. The van der Waals surface area contributed by atoms with Gasteiger partial charge in [0.2, 0.25) is 11.0 Å². The summed E-state index contributed by atoms with van der Waals surface area (Å²) >= 11 is 8.72. The number of anilines is 2. The minimum absolute atomic E-state index is 0.0700. The van der Waals surface area contributed by atoms with Crippen molar-refractivity contribution in [3.8, 4) is 11.5 Å². The number of hydrogen-bond donors (Lipinski definition) is 1. The zero-order chi connectivity index (χ0) is 24.9. The van der Waals surface area contributed by atoms with E-state index in [2.05, 4.69) is 15.5 Å². The predicted molar refractivity (Wildman–Crippen MR) is 135 cm³/mol. The van der Waals surface area contributed by atoms with Crippen molar-refractivity contribution in [3.05, 3.63) is 47.5 Å². The van der Waals surface area contributed by atoms with Crippen LogP contribution in [0.3, 0.4) is 0 Å². The third kappa shape index (κ3) is 6.32. The smallest absolute Gasteiger partial charge is 0.264 e. The second kappa shape index (κ2) is 11.3. The van der Waals surface area contributed by atoms with Crippen LogP contribution in [0.2, 0.25) is 5.02 Å². The van der Waals surface area contributed by atoms with Crippen LogP contribution in [-0.2, 0) is 14.8 Å². The fraction of sp³-hybridized carbons (Fsp3) is 0.286. The van der Waals surface area contributed by atoms with Crippen molar-refractivity contribution in [3.63, 3.8) is 0 Å². The molecule has 1 N–H and O–H groups in total. The fourth-order valence-electron chi connectivity index (χ4n) is 2.83. The minimum Gasteiger partial charge on any atom is -0.493 e. The van der Waals surface area contributed by atoms with Gasteiger partial charge in [0.25, 0.3) is 10.0 Å². The van der Waals surface area contributed by atoms with E-state index in [1.54, 1.807) is 12.1 Å². The third-order valence-corrected chi connectivity index (χ3v) is 8.28. The van der Waals surface area contributed by atoms with E-state index >= 15 is 0 Å². The monoisotopic (exact) mass is 542 g/mol. The van der Waals surface area contributed by atoms with Gasteiger partial charge in [-0.2, -0.15) is 0 Å². The lowest BCUT2D eigenvalue weighted by molar-refractivity contribution is -0.114. The lowest BCUT2D eigenvalue weighted by Gasteiger charge is -2.24. The predicted octanol–water partition coefficient (Wildman–Crippen LogP) is 4.54. The van der Waals surface area contributed by atoms with Crippen molar-refractivity contribution in [1.82, 2.24) is 10.2 Å². The zero-order valence-electron chi connectivity index (χ0n) is 18.8. The van der Waals surface area contributed by atoms with E-state index in [9.17, 15) is 13.2 Å². The summed E-state index contributed by atoms with van der Waals surface area (Å²) in [5, 5.41) is 11.6. The second-order valence-corrected chi connectivity index (χ2v) is 12.2. The molecule has 3 rings (SSSR count). The first-order chi connectivity index (χ1) is 16.1. The Bertz CT molecular complexity index is 1250. The molecule has 1 aromatic heterocycles. The Labute approximate surface area is 211 Å². The molecule has 0 aliphatic carbocycles. The number of methoxy groups -OCH3 is 2. The highest BCUT2D eigenvalue weighted by Crippen LogP contribution is 2.33. The Morgan fingerprint density at radius 3 is 2.41 bits per heavy atom. The number of sulfonamides is 1. The van der Waals surface area contributed by atoms with Gasteiger partial charge in [-0.3, -0.25) is 14.4 Å². The van der Waals surface area contributed by atoms with Gasteiger partial charge >= 0.3 is 0 Å². The van der Waals surface area contributed by atoms with E-state index in [0.717, 1.165) is 4.31 Å². The molecular weight excluding hydrogens is 520 g/mol. The summed E-state index contributed by atoms with van der Waals surface area (Å²) in [7, 11) is -1.30. The number of halogens is 1. The summed E-state index contributed by atoms with van der Waals surface area (Å²) in [6.07, 6.45) is 0. The van der Waals surface area contributed by atoms with Gasteiger partial charge in [0, 0.05) is 16.3 Å². The first-order valence-electron chi connectivity index (χ1n) is 9.94. The van der Waals surface area contributed by atoms with Gasteiger partial charge < -0.3 is 9.47 Å². The van der Waals surface area contributed by atoms with Gasteiger partial charge in [0.05, 0.1) is 24.8 Å². The van der Waals surface area contributed by atoms with Gasteiger partial charge in [-0.05, 0) is 36.4 Å². The summed E-state index contributed by atoms with van der Waals surface area (Å²) in [5.74, 6) is 0.0490. The number of thioether (sulfide) groups is 1. The highest BCUT2D eigenvalue weighted by atomic mass is 35.5. The van der Waals surface area contributed by atoms with Crippen LogP contribution >= 0.6 is 34.7 Å². The summed E-state index contributed by atoms with van der Waals surface area (Å²) in [6, 6.07) is 10.4. The molecule has 13 heteroatoms. The number of amides is 1. The quantitative estimate of drug-likeness (QED) is 0.293. The molecule has 0 saturated carbocycles. The molecule has 0 saturated heterocycles. The average Bonchev–Trinajstić information content (AvgIpc) is 3.23. The molecule has 0 radical (unpaired) electrons. The SMILES string of the molecule is COc1ccc(S(=O)(=O)N(CC(=O)Nc2nnc(SC(C)C)s2)c2ccc(Cl)cc2)cc1OC. The fourth-order valence-corrected chi connectivity index (χ4v) is 6.38. The maximum absolute atomic E-state index is 13.6. The number of ether oxygens (including phenoxy) is 2. The number of nitrogens with one attached hydrogen (secondary N) is 1. The number of aromatic nitrogens is 2. The van der Waals surface area contributed by atoms with E-state index < -0.39 is 22.5 Å². The van der Waals surface area contributed by atoms with Gasteiger partial charge in [0.1, 0.15) is 6.54 Å². The number of hydrogen-bond acceptors (Lipinski definition) is 9. The number of rotatable bonds is 10. The Morgan fingerprint density at radius 1 is 1.12 bits per heavy atom. The molecule has 0 atom stereocenters. The lowest BCUT2D eigenvalue weighted by Crippen LogP contribution is -2.38. The standard InChI is InChI=1S/C21H23ClN4O5S3/c1-13(2)32-21-25-24-20(33-21)23-19(27)12-26(15-7-5-14(22)6-8-15)34(28,29)16-9-10-17(30-3)18(11-16)31-4/h5-11,13H,12H2,1-4H3,(H,23,24,27). The summed E-state index contributed by atoms with van der Waals surface area (Å²) < 4.78 is 39.3. The number of benzene rings is 2. The molecule has 0 aliphatic heterocycles. The van der Waals surface area contributed by atoms with Gasteiger partial charge in [-0.25, -0.2) is 8.42 Å². The van der Waals surface area contributed by atoms with Gasteiger partial charge in [-0.1, -0.05) is 48.5 Å². The summed E-state index contributed by atoms with van der Waals surface area (Å²) in [4.78, 5) is 12.8. The molecule has 0 spiro atoms. The number of nitrogens with zero attached hydrogens (tertiary/aromatic N) is 3. The highest BCUT2D eigenvalue weighted by molar-refractivity contribution is 8.01. The van der Waals surface area contributed by atoms with E-state index in [-0.39, 0.29) is 21.5 Å². The van der Waals surface area contributed by atoms with Crippen LogP contribution in [0, 0.1) is 0 Å². The first-order valence-corrected chi connectivity index (χ1v) is 13.5. The van der Waals surface area contributed by atoms with Crippen molar-refractivity contribution in [1.29, 1.82) is 0 Å². The molecular formula is C21H23ClN4O5S3. The Morgan fingerprint density at radius 2 is 1.79 bits per heavy atom. The topological polar surface area (TPSA) is 111 Å². The third-order valence-electron chi connectivity index (χ3n) is 4.33. The molecule has 182 valence electrons. The average molecular weight is 543 g/mol. The van der Waals surface area contributed by atoms with Gasteiger partial charge in [0.15, 0.2) is 15.8 Å². The molecule has 1 amide bonds. The summed E-state index contributed by atoms with van der Waals surface area (Å²) in [5.41, 5.74) is 0.266. The van der Waals surface area contributed by atoms with Crippen LogP contribution in [0.15, 0.2) is 51.7 Å². The van der Waals surface area contributed by atoms with Crippen LogP contribution in [0.4, 0.5) is 10.8 Å². The molecule has 0 unspecified atom stereocenters. The van der Waals surface area contributed by atoms with E-state index in [1.165, 1.54) is 67.7 Å². The molecule has 3 aromatic rings. The van der Waals surface area contributed by atoms with E-state index in [4.69, 9.17) is 21.1 Å². The Kier molecular flexibility index (Phi) is 8.63. The van der Waals surface area contributed by atoms with Crippen molar-refractivity contribution in [2.45, 2.75) is 28.3 Å². The zero-order valence-corrected chi connectivity index (χ0v) is 22.0. The van der Waals surface area contributed by atoms with Crippen molar-refractivity contribution in [2.75, 3.05) is 30.4 Å². The molecule has 0 fully saturated rings. The van der Waals surface area contributed by atoms with Crippen LogP contribution in [0.25, 0.3) is 0 Å².